The first kappa shape index (κ1) is 23.5. The molecule has 1 amide bonds. The van der Waals surface area contributed by atoms with Crippen molar-refractivity contribution in [2.75, 3.05) is 17.7 Å². The molecule has 0 saturated heterocycles. The molecule has 3 N–H and O–H groups in total. The summed E-state index contributed by atoms with van der Waals surface area (Å²) in [7, 11) is 1.56. The normalized spacial score (nSPS) is 14.7. The number of rotatable bonds is 7. The third-order valence-corrected chi connectivity index (χ3v) is 6.76. The van der Waals surface area contributed by atoms with Crippen LogP contribution < -0.4 is 15.4 Å². The van der Waals surface area contributed by atoms with Crippen LogP contribution in [-0.2, 0) is 10.5 Å². The zero-order valence-electron chi connectivity index (χ0n) is 19.8. The molecule has 0 spiro atoms. The zero-order chi connectivity index (χ0) is 25.1. The smallest absolute Gasteiger partial charge is 0.255 e. The van der Waals surface area contributed by atoms with Crippen molar-refractivity contribution >= 4 is 29.3 Å². The topological polar surface area (TPSA) is 101 Å². The number of anilines is 2. The highest BCUT2D eigenvalue weighted by Gasteiger charge is 2.34. The minimum absolute atomic E-state index is 0.145. The Hall–Kier alpha value is -4.24. The van der Waals surface area contributed by atoms with Gasteiger partial charge in [-0.05, 0) is 42.3 Å². The molecule has 4 aromatic rings. The molecule has 0 saturated carbocycles. The van der Waals surface area contributed by atoms with E-state index in [1.54, 1.807) is 48.2 Å². The summed E-state index contributed by atoms with van der Waals surface area (Å²) < 4.78 is 7.13. The molecule has 36 heavy (non-hydrogen) atoms. The molecule has 1 atom stereocenters. The maximum Gasteiger partial charge on any atom is 0.255 e. The number of hydrogen-bond donors (Lipinski definition) is 3. The number of nitrogens with zero attached hydrogens (tertiary/aromatic N) is 3. The van der Waals surface area contributed by atoms with E-state index < -0.39 is 6.04 Å². The standard InChI is InChI=1S/C27H25N5O3S/c1-17-23(25(34)29-21-10-6-7-11-22(21)35-2)24(19-12-14-20(33)15-13-19)32-26(28-17)30-27(31-32)36-16-18-8-4-3-5-9-18/h3-15,24,33H,16H2,1-2H3,(H,29,34)(H,28,30,31)/t24-/m0/s1. The van der Waals surface area contributed by atoms with Crippen molar-refractivity contribution in [1.29, 1.82) is 0 Å². The number of phenolic OH excluding ortho intramolecular Hbond substituents is 1. The minimum Gasteiger partial charge on any atom is -0.508 e. The van der Waals surface area contributed by atoms with Crippen LogP contribution in [0.25, 0.3) is 0 Å². The second-order valence-electron chi connectivity index (χ2n) is 8.25. The molecule has 0 bridgehead atoms. The van der Waals surface area contributed by atoms with Gasteiger partial charge in [-0.25, -0.2) is 4.68 Å². The third kappa shape index (κ3) is 4.78. The minimum atomic E-state index is -0.546. The lowest BCUT2D eigenvalue weighted by molar-refractivity contribution is -0.113. The van der Waals surface area contributed by atoms with Crippen LogP contribution in [0.1, 0.15) is 24.1 Å². The number of ether oxygens (including phenoxy) is 1. The van der Waals surface area contributed by atoms with Crippen LogP contribution >= 0.6 is 11.8 Å². The van der Waals surface area contributed by atoms with Crippen LogP contribution in [0.4, 0.5) is 11.6 Å². The first-order valence-corrected chi connectivity index (χ1v) is 12.4. The van der Waals surface area contributed by atoms with E-state index in [9.17, 15) is 9.90 Å². The van der Waals surface area contributed by atoms with Crippen molar-refractivity contribution in [1.82, 2.24) is 14.8 Å². The number of allylic oxidation sites excluding steroid dienone is 1. The Kier molecular flexibility index (Phi) is 6.64. The van der Waals surface area contributed by atoms with Crippen molar-refractivity contribution in [2.24, 2.45) is 0 Å². The lowest BCUT2D eigenvalue weighted by atomic mass is 9.95. The number of carbonyl (C=O) groups excluding carboxylic acids is 1. The molecule has 0 fully saturated rings. The molecule has 9 heteroatoms. The quantitative estimate of drug-likeness (QED) is 0.300. The Morgan fingerprint density at radius 1 is 1.08 bits per heavy atom. The Bertz CT molecular complexity index is 1420. The first-order chi connectivity index (χ1) is 17.5. The lowest BCUT2D eigenvalue weighted by Crippen LogP contribution is -2.31. The van der Waals surface area contributed by atoms with Crippen molar-refractivity contribution < 1.29 is 14.6 Å². The van der Waals surface area contributed by atoms with Gasteiger partial charge in [-0.1, -0.05) is 66.4 Å². The van der Waals surface area contributed by atoms with Gasteiger partial charge in [0, 0.05) is 11.4 Å². The van der Waals surface area contributed by atoms with Gasteiger partial charge in [0.2, 0.25) is 11.1 Å². The van der Waals surface area contributed by atoms with E-state index in [2.05, 4.69) is 27.8 Å². The van der Waals surface area contributed by atoms with Gasteiger partial charge in [-0.15, -0.1) is 5.10 Å². The van der Waals surface area contributed by atoms with Gasteiger partial charge in [-0.2, -0.15) is 4.98 Å². The molecule has 1 aromatic heterocycles. The molecule has 0 unspecified atom stereocenters. The van der Waals surface area contributed by atoms with E-state index in [4.69, 9.17) is 9.84 Å². The predicted octanol–water partition coefficient (Wildman–Crippen LogP) is 5.21. The molecule has 1 aliphatic rings. The summed E-state index contributed by atoms with van der Waals surface area (Å²) in [6.07, 6.45) is 0. The average molecular weight is 500 g/mol. The summed E-state index contributed by atoms with van der Waals surface area (Å²) in [4.78, 5) is 18.3. The average Bonchev–Trinajstić information content (AvgIpc) is 3.30. The van der Waals surface area contributed by atoms with Crippen LogP contribution in [0.2, 0.25) is 0 Å². The van der Waals surface area contributed by atoms with E-state index >= 15 is 0 Å². The van der Waals surface area contributed by atoms with Crippen molar-refractivity contribution in [3.8, 4) is 11.5 Å². The van der Waals surface area contributed by atoms with Gasteiger partial charge in [0.05, 0.1) is 18.4 Å². The monoisotopic (exact) mass is 499 g/mol. The molecule has 8 nitrogen and oxygen atoms in total. The number of carbonyl (C=O) groups is 1. The lowest BCUT2D eigenvalue weighted by Gasteiger charge is -2.28. The second kappa shape index (κ2) is 10.2. The number of benzene rings is 3. The summed E-state index contributed by atoms with van der Waals surface area (Å²) in [6, 6.07) is 23.6. The fourth-order valence-corrected chi connectivity index (χ4v) is 4.90. The Morgan fingerprint density at radius 2 is 1.81 bits per heavy atom. The van der Waals surface area contributed by atoms with Crippen LogP contribution in [0.15, 0.2) is 95.3 Å². The van der Waals surface area contributed by atoms with E-state index in [1.807, 2.05) is 37.3 Å². The van der Waals surface area contributed by atoms with Crippen LogP contribution in [0.3, 0.4) is 0 Å². The molecule has 5 rings (SSSR count). The molecular weight excluding hydrogens is 474 g/mol. The summed E-state index contributed by atoms with van der Waals surface area (Å²) in [6.45, 7) is 1.85. The number of methoxy groups -OCH3 is 1. The van der Waals surface area contributed by atoms with Gasteiger partial charge in [0.15, 0.2) is 0 Å². The van der Waals surface area contributed by atoms with Gasteiger partial charge >= 0.3 is 0 Å². The molecule has 3 aromatic carbocycles. The SMILES string of the molecule is COc1ccccc1NC(=O)C1=C(C)Nc2nc(SCc3ccccc3)nn2[C@H]1c1ccc(O)cc1. The maximum atomic E-state index is 13.6. The Morgan fingerprint density at radius 3 is 2.56 bits per heavy atom. The number of nitrogens with one attached hydrogen (secondary N) is 2. The molecule has 1 aliphatic heterocycles. The number of para-hydroxylation sites is 2. The van der Waals surface area contributed by atoms with E-state index in [0.29, 0.717) is 33.8 Å². The fraction of sp³-hybridized carbons (Fsp3) is 0.148. The number of fused-ring (bicyclic) bond motifs is 1. The highest BCUT2D eigenvalue weighted by Crippen LogP contribution is 2.38. The number of hydrogen-bond acceptors (Lipinski definition) is 7. The van der Waals surface area contributed by atoms with Crippen molar-refractivity contribution in [3.63, 3.8) is 0 Å². The number of aromatic hydroxyl groups is 1. The van der Waals surface area contributed by atoms with Gasteiger partial charge in [0.1, 0.15) is 17.5 Å². The number of thioether (sulfide) groups is 1. The van der Waals surface area contributed by atoms with Gasteiger partial charge < -0.3 is 20.5 Å². The zero-order valence-corrected chi connectivity index (χ0v) is 20.6. The van der Waals surface area contributed by atoms with Crippen LogP contribution in [0, 0.1) is 0 Å². The van der Waals surface area contributed by atoms with Crippen LogP contribution in [-0.4, -0.2) is 32.9 Å². The Labute approximate surface area is 213 Å². The molecule has 182 valence electrons. The largest absolute Gasteiger partial charge is 0.508 e. The predicted molar refractivity (Wildman–Crippen MR) is 140 cm³/mol. The number of aromatic nitrogens is 3. The molecule has 0 aliphatic carbocycles. The van der Waals surface area contributed by atoms with E-state index in [1.165, 1.54) is 17.3 Å². The third-order valence-electron chi connectivity index (χ3n) is 5.85. The highest BCUT2D eigenvalue weighted by atomic mass is 32.2. The van der Waals surface area contributed by atoms with Gasteiger partial charge in [-0.3, -0.25) is 4.79 Å². The molecule has 2 heterocycles. The molecular formula is C27H25N5O3S. The van der Waals surface area contributed by atoms with Gasteiger partial charge in [0.25, 0.3) is 5.91 Å². The van der Waals surface area contributed by atoms with Crippen molar-refractivity contribution in [3.05, 3.63) is 101 Å². The fourth-order valence-electron chi connectivity index (χ4n) is 4.11. The highest BCUT2D eigenvalue weighted by molar-refractivity contribution is 7.98. The molecule has 0 radical (unpaired) electrons. The summed E-state index contributed by atoms with van der Waals surface area (Å²) in [5.41, 5.74) is 3.69. The van der Waals surface area contributed by atoms with E-state index in [0.717, 1.165) is 11.3 Å². The van der Waals surface area contributed by atoms with Crippen molar-refractivity contribution in [2.45, 2.75) is 23.9 Å². The summed E-state index contributed by atoms with van der Waals surface area (Å²) in [5, 5.41) is 21.4. The first-order valence-electron chi connectivity index (χ1n) is 11.4. The summed E-state index contributed by atoms with van der Waals surface area (Å²) in [5.74, 6) is 1.69. The Balaban J connectivity index is 1.50. The number of phenols is 1. The van der Waals surface area contributed by atoms with Crippen LogP contribution in [0.5, 0.6) is 11.5 Å². The van der Waals surface area contributed by atoms with E-state index in [-0.39, 0.29) is 11.7 Å². The second-order valence-corrected chi connectivity index (χ2v) is 9.19. The number of amides is 1. The summed E-state index contributed by atoms with van der Waals surface area (Å²) >= 11 is 1.53. The maximum absolute atomic E-state index is 13.6.